The predicted molar refractivity (Wildman–Crippen MR) is 166 cm³/mol. The molecule has 45 heavy (non-hydrogen) atoms. The molecule has 234 valence electrons. The Kier molecular flexibility index (Phi) is 8.25. The number of thiazole rings is 2. The first-order chi connectivity index (χ1) is 21.5. The van der Waals surface area contributed by atoms with Gasteiger partial charge >= 0.3 is 5.65 Å². The van der Waals surface area contributed by atoms with E-state index in [2.05, 4.69) is 20.1 Å². The first kappa shape index (κ1) is 30.6. The number of aromatic nitrogens is 5. The minimum Gasteiger partial charge on any atom is -0.543 e. The van der Waals surface area contributed by atoms with Crippen LogP contribution in [0.3, 0.4) is 0 Å². The molecular formula is C25H24ClN11O5S3. The number of amides is 1. The van der Waals surface area contributed by atoms with Crippen molar-refractivity contribution in [1.29, 1.82) is 0 Å². The van der Waals surface area contributed by atoms with Gasteiger partial charge in [-0.1, -0.05) is 28.1 Å². The summed E-state index contributed by atoms with van der Waals surface area (Å²) < 4.78 is 5.83. The van der Waals surface area contributed by atoms with Crippen LogP contribution < -0.4 is 26.9 Å². The number of carboxylic acid groups (broad SMARTS) is 1. The van der Waals surface area contributed by atoms with Gasteiger partial charge in [0.15, 0.2) is 34.6 Å². The number of oxime groups is 1. The van der Waals surface area contributed by atoms with E-state index in [-0.39, 0.29) is 45.5 Å². The van der Waals surface area contributed by atoms with Gasteiger partial charge in [-0.25, -0.2) is 19.2 Å². The number of thioether (sulfide) groups is 1. The number of aliphatic imine (C=N–C) groups is 1. The molecule has 0 aliphatic carbocycles. The average molecular weight is 690 g/mol. The zero-order valence-electron chi connectivity index (χ0n) is 23.3. The number of carbonyl (C=O) groups is 3. The number of halogens is 1. The lowest BCUT2D eigenvalue weighted by Crippen LogP contribution is -2.63. The van der Waals surface area contributed by atoms with E-state index in [9.17, 15) is 19.5 Å². The lowest BCUT2D eigenvalue weighted by molar-refractivity contribution is -0.661. The van der Waals surface area contributed by atoms with E-state index >= 15 is 0 Å². The molecule has 6 N–H and O–H groups in total. The van der Waals surface area contributed by atoms with Crippen LogP contribution in [0, 0.1) is 5.92 Å². The highest BCUT2D eigenvalue weighted by Crippen LogP contribution is 2.45. The van der Waals surface area contributed by atoms with E-state index in [1.165, 1.54) is 35.1 Å². The Morgan fingerprint density at radius 2 is 2.09 bits per heavy atom. The number of Topliss-reactive ketones (excluding diaryl/α,β-unsaturated/α-hetero) is 1. The van der Waals surface area contributed by atoms with Crippen molar-refractivity contribution < 1.29 is 28.9 Å². The first-order valence-electron chi connectivity index (χ1n) is 13.1. The Labute approximate surface area is 271 Å². The number of ketones is 1. The third kappa shape index (κ3) is 5.74. The number of nitrogens with two attached hydrogens (primary N) is 3. The van der Waals surface area contributed by atoms with Crippen LogP contribution >= 0.6 is 46.0 Å². The summed E-state index contributed by atoms with van der Waals surface area (Å²) in [6, 6.07) is 1.89. The number of rotatable bonds is 11. The Morgan fingerprint density at radius 3 is 2.78 bits per heavy atom. The van der Waals surface area contributed by atoms with Crippen molar-refractivity contribution in [3.05, 3.63) is 56.3 Å². The van der Waals surface area contributed by atoms with E-state index in [0.717, 1.165) is 22.0 Å². The molecule has 4 aromatic rings. The predicted octanol–water partition coefficient (Wildman–Crippen LogP) is -0.325. The summed E-state index contributed by atoms with van der Waals surface area (Å²) in [4.78, 5) is 57.3. The summed E-state index contributed by atoms with van der Waals surface area (Å²) in [7, 11) is 1.26. The summed E-state index contributed by atoms with van der Waals surface area (Å²) in [6.07, 6.45) is 5.30. The molecule has 2 aliphatic rings. The number of nitrogen functional groups attached to an aromatic ring is 1. The summed E-state index contributed by atoms with van der Waals surface area (Å²) in [5.41, 5.74) is 17.6. The monoisotopic (exact) mass is 689 g/mol. The molecule has 4 aromatic heterocycles. The van der Waals surface area contributed by atoms with Crippen molar-refractivity contribution in [2.45, 2.75) is 24.9 Å². The van der Waals surface area contributed by atoms with Crippen LogP contribution in [0.15, 0.2) is 51.5 Å². The number of anilines is 1. The van der Waals surface area contributed by atoms with Gasteiger partial charge in [-0.15, -0.1) is 27.6 Å². The maximum absolute atomic E-state index is 13.3. The highest BCUT2D eigenvalue weighted by Gasteiger charge is 2.53. The van der Waals surface area contributed by atoms with Gasteiger partial charge in [-0.2, -0.15) is 4.99 Å². The maximum Gasteiger partial charge on any atom is 0.307 e. The Bertz CT molecular complexity index is 1940. The van der Waals surface area contributed by atoms with Crippen molar-refractivity contribution in [1.82, 2.24) is 24.1 Å². The second kappa shape index (κ2) is 12.1. The fourth-order valence-corrected chi connectivity index (χ4v) is 8.25. The number of β-lactam (4-membered cyclic amide) rings is 1. The second-order valence-corrected chi connectivity index (χ2v) is 13.5. The smallest absolute Gasteiger partial charge is 0.307 e. The number of fused-ring (bicyclic) bond motifs is 2. The zero-order valence-corrected chi connectivity index (χ0v) is 26.5. The maximum atomic E-state index is 13.3. The number of hydrogen-bond acceptors (Lipinski definition) is 13. The van der Waals surface area contributed by atoms with E-state index in [1.807, 2.05) is 38.4 Å². The van der Waals surface area contributed by atoms with Gasteiger partial charge in [0.05, 0.1) is 41.8 Å². The Morgan fingerprint density at radius 1 is 1.29 bits per heavy atom. The van der Waals surface area contributed by atoms with Crippen molar-refractivity contribution in [3.63, 3.8) is 0 Å². The molecule has 2 aliphatic heterocycles. The third-order valence-corrected chi connectivity index (χ3v) is 10.4. The molecule has 0 saturated carbocycles. The van der Waals surface area contributed by atoms with Crippen molar-refractivity contribution in [3.8, 4) is 0 Å². The highest BCUT2D eigenvalue weighted by atomic mass is 35.5. The fraction of sp³-hybridized carbons (Fsp3) is 0.280. The van der Waals surface area contributed by atoms with E-state index < -0.39 is 29.0 Å². The molecule has 1 fully saturated rings. The van der Waals surface area contributed by atoms with Crippen LogP contribution in [-0.2, 0) is 32.3 Å². The molecule has 6 rings (SSSR count). The number of aliphatic carboxylic acids is 1. The molecule has 0 bridgehead atoms. The molecule has 1 saturated heterocycles. The molecule has 2 atom stereocenters. The van der Waals surface area contributed by atoms with Crippen molar-refractivity contribution in [2.75, 3.05) is 18.6 Å². The SMILES string of the molecule is CO/N=C(\C(=O)C[C@@H]1C(=O)N2C(C(=O)[O-])=C(Cn3ccc4n3cc[n+]4Cc3nc(N=C(N)N)cs3)CS[C@H]12)c1nc(N)sc1Cl. The molecule has 0 unspecified atom stereocenters. The highest BCUT2D eigenvalue weighted by molar-refractivity contribution is 8.00. The minimum absolute atomic E-state index is 0.0651. The third-order valence-electron chi connectivity index (χ3n) is 7.06. The Hall–Kier alpha value is -4.46. The second-order valence-electron chi connectivity index (χ2n) is 9.86. The lowest BCUT2D eigenvalue weighted by atomic mass is 9.89. The summed E-state index contributed by atoms with van der Waals surface area (Å²) >= 11 is 9.94. The summed E-state index contributed by atoms with van der Waals surface area (Å²) in [5, 5.41) is 18.2. The number of nitrogens with zero attached hydrogens (tertiary/aromatic N) is 8. The van der Waals surface area contributed by atoms with Gasteiger partial charge in [0.2, 0.25) is 5.91 Å². The number of imidazole rings is 1. The average Bonchev–Trinajstić information content (AvgIpc) is 3.77. The fourth-order valence-electron chi connectivity index (χ4n) is 5.21. The van der Waals surface area contributed by atoms with E-state index in [4.69, 9.17) is 33.6 Å². The molecular weight excluding hydrogens is 666 g/mol. The van der Waals surface area contributed by atoms with Gasteiger partial charge in [0.25, 0.3) is 0 Å². The van der Waals surface area contributed by atoms with Crippen LogP contribution in [0.5, 0.6) is 0 Å². The lowest BCUT2D eigenvalue weighted by Gasteiger charge is -2.50. The van der Waals surface area contributed by atoms with Gasteiger partial charge in [0, 0.05) is 17.6 Å². The minimum atomic E-state index is -1.47. The van der Waals surface area contributed by atoms with Crippen LogP contribution in [0.4, 0.5) is 10.9 Å². The zero-order chi connectivity index (χ0) is 32.0. The normalized spacial score (nSPS) is 18.2. The van der Waals surface area contributed by atoms with Crippen LogP contribution in [0.2, 0.25) is 4.34 Å². The molecule has 0 aromatic carbocycles. The quantitative estimate of drug-likeness (QED) is 0.0607. The standard InChI is InChI=1S/C25H24ClN11O5S3/c1-42-33-17(18-20(26)45-25(29)32-18)13(38)6-12-21(39)37-19(23(40)41)11(9-44-22(12)37)7-35-3-2-16-34(4-5-36(16)35)8-15-30-14(10-43-15)31-24(27)28/h2-5,10,12,22H,6-9H2,1H3,(H6-,27,28,29,31,32,40,41)/b33-17+/t12-,22-/m1/s1. The van der Waals surface area contributed by atoms with Crippen molar-refractivity contribution in [2.24, 2.45) is 27.5 Å². The molecule has 0 spiro atoms. The number of guanidine groups is 1. The molecule has 0 radical (unpaired) electrons. The molecule has 20 heteroatoms. The van der Waals surface area contributed by atoms with Crippen LogP contribution in [-0.4, -0.2) is 71.6 Å². The van der Waals surface area contributed by atoms with Gasteiger partial charge < -0.3 is 31.9 Å². The van der Waals surface area contributed by atoms with Gasteiger partial charge in [-0.3, -0.25) is 14.5 Å². The van der Waals surface area contributed by atoms with Gasteiger partial charge in [-0.05, 0) is 5.57 Å². The van der Waals surface area contributed by atoms with Crippen LogP contribution in [0.1, 0.15) is 17.1 Å². The number of hydrogen-bond donors (Lipinski definition) is 3. The summed E-state index contributed by atoms with van der Waals surface area (Å²) in [5.74, 6) is -2.61. The molecule has 16 nitrogen and oxygen atoms in total. The number of carbonyl (C=O) groups excluding carboxylic acids is 3. The number of carboxylic acids is 1. The summed E-state index contributed by atoms with van der Waals surface area (Å²) in [6.45, 7) is 0.659. The van der Waals surface area contributed by atoms with Crippen LogP contribution in [0.25, 0.3) is 5.65 Å². The van der Waals surface area contributed by atoms with Crippen molar-refractivity contribution >= 4 is 92.0 Å². The molecule has 6 heterocycles. The molecule has 1 amide bonds. The Balaban J connectivity index is 1.19. The van der Waals surface area contributed by atoms with E-state index in [1.54, 1.807) is 5.38 Å². The van der Waals surface area contributed by atoms with Gasteiger partial charge in [0.1, 0.15) is 34.9 Å². The largest absolute Gasteiger partial charge is 0.543 e. The van der Waals surface area contributed by atoms with E-state index in [0.29, 0.717) is 23.7 Å². The topological polar surface area (TPSA) is 229 Å². The first-order valence-corrected chi connectivity index (χ1v) is 16.2.